The number of nitrogens with one attached hydrogen (secondary N) is 1. The van der Waals surface area contributed by atoms with Gasteiger partial charge in [0.1, 0.15) is 5.75 Å². The molecule has 1 aromatic rings. The fourth-order valence-electron chi connectivity index (χ4n) is 2.48. The number of hydrogen-bond acceptors (Lipinski definition) is 3. The Bertz CT molecular complexity index is 380. The molecule has 2 rings (SSSR count). The molecule has 0 spiro atoms. The van der Waals surface area contributed by atoms with E-state index >= 15 is 0 Å². The zero-order valence-corrected chi connectivity index (χ0v) is 11.6. The molecule has 1 aliphatic rings. The highest BCUT2D eigenvalue weighted by atomic mass is 32.2. The van der Waals surface area contributed by atoms with Gasteiger partial charge in [-0.25, -0.2) is 0 Å². The Morgan fingerprint density at radius 1 is 1.47 bits per heavy atom. The molecule has 17 heavy (non-hydrogen) atoms. The van der Waals surface area contributed by atoms with Crippen LogP contribution in [-0.2, 0) is 6.42 Å². The number of methoxy groups -OCH3 is 1. The summed E-state index contributed by atoms with van der Waals surface area (Å²) in [5.41, 5.74) is 2.89. The van der Waals surface area contributed by atoms with Crippen LogP contribution in [0.5, 0.6) is 5.75 Å². The summed E-state index contributed by atoms with van der Waals surface area (Å²) in [6, 6.07) is 6.93. The van der Waals surface area contributed by atoms with Crippen LogP contribution in [0.4, 0.5) is 0 Å². The van der Waals surface area contributed by atoms with E-state index in [2.05, 4.69) is 49.2 Å². The third-order valence-electron chi connectivity index (χ3n) is 3.33. The number of ether oxygens (including phenoxy) is 1. The van der Waals surface area contributed by atoms with Crippen molar-refractivity contribution in [2.24, 2.45) is 0 Å². The van der Waals surface area contributed by atoms with Crippen LogP contribution in [-0.4, -0.2) is 25.2 Å². The molecule has 2 nitrogen and oxygen atoms in total. The Morgan fingerprint density at radius 2 is 2.29 bits per heavy atom. The minimum absolute atomic E-state index is 0.469. The van der Waals surface area contributed by atoms with Crippen molar-refractivity contribution in [3.8, 4) is 5.75 Å². The standard InChI is InChI=1S/C14H21NOS/c1-4-7-17-13-8-10-5-6-11(16-3)9-12(10)14(13)15-2/h5-6,9,13-15H,4,7-8H2,1-3H3. The number of benzene rings is 1. The number of thioether (sulfide) groups is 1. The maximum atomic E-state index is 5.31. The smallest absolute Gasteiger partial charge is 0.119 e. The average molecular weight is 251 g/mol. The quantitative estimate of drug-likeness (QED) is 0.869. The highest BCUT2D eigenvalue weighted by Crippen LogP contribution is 2.39. The molecule has 2 atom stereocenters. The summed E-state index contributed by atoms with van der Waals surface area (Å²) in [5, 5.41) is 4.12. The van der Waals surface area contributed by atoms with Crippen molar-refractivity contribution in [1.29, 1.82) is 0 Å². The molecule has 0 aliphatic heterocycles. The van der Waals surface area contributed by atoms with Crippen LogP contribution in [0.15, 0.2) is 18.2 Å². The van der Waals surface area contributed by atoms with Crippen LogP contribution in [0.2, 0.25) is 0 Å². The molecule has 1 aliphatic carbocycles. The maximum absolute atomic E-state index is 5.31. The van der Waals surface area contributed by atoms with E-state index in [0.717, 1.165) is 5.75 Å². The second kappa shape index (κ2) is 5.78. The first-order valence-electron chi connectivity index (χ1n) is 6.25. The van der Waals surface area contributed by atoms with Gasteiger partial charge in [0.25, 0.3) is 0 Å². The third kappa shape index (κ3) is 2.61. The zero-order chi connectivity index (χ0) is 12.3. The van der Waals surface area contributed by atoms with Gasteiger partial charge in [0.15, 0.2) is 0 Å². The van der Waals surface area contributed by atoms with Crippen molar-refractivity contribution in [3.05, 3.63) is 29.3 Å². The van der Waals surface area contributed by atoms with E-state index in [-0.39, 0.29) is 0 Å². The lowest BCUT2D eigenvalue weighted by Gasteiger charge is -2.19. The van der Waals surface area contributed by atoms with Gasteiger partial charge in [-0.2, -0.15) is 11.8 Å². The van der Waals surface area contributed by atoms with Crippen molar-refractivity contribution in [2.45, 2.75) is 31.1 Å². The van der Waals surface area contributed by atoms with Crippen LogP contribution in [0, 0.1) is 0 Å². The molecular formula is C14H21NOS. The zero-order valence-electron chi connectivity index (χ0n) is 10.8. The lowest BCUT2D eigenvalue weighted by Crippen LogP contribution is -2.23. The number of fused-ring (bicyclic) bond motifs is 1. The van der Waals surface area contributed by atoms with E-state index in [1.807, 2.05) is 0 Å². The molecule has 0 saturated carbocycles. The van der Waals surface area contributed by atoms with Gasteiger partial charge >= 0.3 is 0 Å². The maximum Gasteiger partial charge on any atom is 0.119 e. The Kier molecular flexibility index (Phi) is 4.35. The third-order valence-corrected chi connectivity index (χ3v) is 4.84. The Balaban J connectivity index is 2.19. The molecular weight excluding hydrogens is 230 g/mol. The van der Waals surface area contributed by atoms with Crippen LogP contribution < -0.4 is 10.1 Å². The molecule has 0 fully saturated rings. The summed E-state index contributed by atoms with van der Waals surface area (Å²) >= 11 is 2.08. The van der Waals surface area contributed by atoms with Gasteiger partial charge in [-0.05, 0) is 48.9 Å². The van der Waals surface area contributed by atoms with Crippen molar-refractivity contribution in [3.63, 3.8) is 0 Å². The first-order chi connectivity index (χ1) is 8.30. The topological polar surface area (TPSA) is 21.3 Å². The largest absolute Gasteiger partial charge is 0.497 e. The number of hydrogen-bond donors (Lipinski definition) is 1. The fraction of sp³-hybridized carbons (Fsp3) is 0.571. The van der Waals surface area contributed by atoms with Gasteiger partial charge < -0.3 is 10.1 Å². The van der Waals surface area contributed by atoms with Crippen molar-refractivity contribution in [1.82, 2.24) is 5.32 Å². The predicted octanol–water partition coefficient (Wildman–Crippen LogP) is 3.02. The molecule has 3 heteroatoms. The lowest BCUT2D eigenvalue weighted by atomic mass is 10.1. The molecule has 0 radical (unpaired) electrons. The highest BCUT2D eigenvalue weighted by molar-refractivity contribution is 7.99. The monoisotopic (exact) mass is 251 g/mol. The first kappa shape index (κ1) is 12.8. The lowest BCUT2D eigenvalue weighted by molar-refractivity contribution is 0.413. The van der Waals surface area contributed by atoms with Gasteiger partial charge in [0, 0.05) is 11.3 Å². The van der Waals surface area contributed by atoms with Gasteiger partial charge in [-0.15, -0.1) is 0 Å². The molecule has 0 saturated heterocycles. The van der Waals surface area contributed by atoms with E-state index in [1.54, 1.807) is 7.11 Å². The summed E-state index contributed by atoms with van der Waals surface area (Å²) in [6.07, 6.45) is 2.42. The molecule has 1 aromatic carbocycles. The van der Waals surface area contributed by atoms with Gasteiger partial charge in [0.2, 0.25) is 0 Å². The van der Waals surface area contributed by atoms with E-state index in [1.165, 1.54) is 29.7 Å². The van der Waals surface area contributed by atoms with E-state index < -0.39 is 0 Å². The second-order valence-corrected chi connectivity index (χ2v) is 5.79. The molecule has 1 N–H and O–H groups in total. The molecule has 94 valence electrons. The summed E-state index contributed by atoms with van der Waals surface area (Å²) in [4.78, 5) is 0. The Morgan fingerprint density at radius 3 is 2.94 bits per heavy atom. The summed E-state index contributed by atoms with van der Waals surface area (Å²) in [7, 11) is 3.78. The van der Waals surface area contributed by atoms with Gasteiger partial charge in [-0.1, -0.05) is 13.0 Å². The van der Waals surface area contributed by atoms with Crippen LogP contribution in [0.3, 0.4) is 0 Å². The van der Waals surface area contributed by atoms with E-state index in [9.17, 15) is 0 Å². The van der Waals surface area contributed by atoms with Crippen molar-refractivity contribution >= 4 is 11.8 Å². The molecule has 2 unspecified atom stereocenters. The van der Waals surface area contributed by atoms with E-state index in [0.29, 0.717) is 11.3 Å². The number of rotatable bonds is 5. The Hall–Kier alpha value is -0.670. The van der Waals surface area contributed by atoms with Gasteiger partial charge in [-0.3, -0.25) is 0 Å². The highest BCUT2D eigenvalue weighted by Gasteiger charge is 2.31. The SMILES string of the molecule is CCCSC1Cc2ccc(OC)cc2C1NC. The van der Waals surface area contributed by atoms with Crippen molar-refractivity contribution in [2.75, 3.05) is 19.9 Å². The first-order valence-corrected chi connectivity index (χ1v) is 7.30. The molecule has 0 heterocycles. The van der Waals surface area contributed by atoms with Crippen LogP contribution in [0.1, 0.15) is 30.5 Å². The predicted molar refractivity (Wildman–Crippen MR) is 75.0 cm³/mol. The minimum atomic E-state index is 0.469. The summed E-state index contributed by atoms with van der Waals surface area (Å²) < 4.78 is 5.31. The summed E-state index contributed by atoms with van der Waals surface area (Å²) in [6.45, 7) is 2.24. The molecule has 0 amide bonds. The average Bonchev–Trinajstić information content (AvgIpc) is 2.72. The second-order valence-electron chi connectivity index (χ2n) is 4.44. The molecule has 0 aromatic heterocycles. The normalized spacial score (nSPS) is 22.5. The fourth-order valence-corrected chi connectivity index (χ4v) is 3.79. The Labute approximate surface area is 108 Å². The van der Waals surface area contributed by atoms with E-state index in [4.69, 9.17) is 4.74 Å². The molecule has 0 bridgehead atoms. The van der Waals surface area contributed by atoms with Crippen LogP contribution >= 0.6 is 11.8 Å². The van der Waals surface area contributed by atoms with Gasteiger partial charge in [0.05, 0.1) is 7.11 Å². The van der Waals surface area contributed by atoms with Crippen molar-refractivity contribution < 1.29 is 4.74 Å². The van der Waals surface area contributed by atoms with Crippen LogP contribution in [0.25, 0.3) is 0 Å². The minimum Gasteiger partial charge on any atom is -0.497 e. The summed E-state index contributed by atoms with van der Waals surface area (Å²) in [5.74, 6) is 2.21.